The Kier molecular flexibility index (Phi) is 6.50. The van der Waals surface area contributed by atoms with Crippen LogP contribution in [0.4, 0.5) is 14.5 Å². The van der Waals surface area contributed by atoms with Gasteiger partial charge in [0.1, 0.15) is 16.4 Å². The van der Waals surface area contributed by atoms with E-state index < -0.39 is 32.2 Å². The number of benzene rings is 1. The molecule has 1 aromatic rings. The van der Waals surface area contributed by atoms with Crippen LogP contribution in [0.15, 0.2) is 17.0 Å². The van der Waals surface area contributed by atoms with Crippen LogP contribution < -0.4 is 10.5 Å². The van der Waals surface area contributed by atoms with Gasteiger partial charge in [0.2, 0.25) is 10.0 Å². The second-order valence-electron chi connectivity index (χ2n) is 4.55. The van der Waals surface area contributed by atoms with Crippen molar-refractivity contribution in [3.05, 3.63) is 23.8 Å². The molecule has 0 amide bonds. The summed E-state index contributed by atoms with van der Waals surface area (Å²) in [6, 6.07) is 1.70. The molecule has 0 aliphatic carbocycles. The van der Waals surface area contributed by atoms with Crippen LogP contribution in [0.1, 0.15) is 20.3 Å². The number of nitrogens with zero attached hydrogens (tertiary/aromatic N) is 1. The summed E-state index contributed by atoms with van der Waals surface area (Å²) in [7, 11) is -4.03. The first-order valence-electron chi connectivity index (χ1n) is 6.79. The van der Waals surface area contributed by atoms with Crippen LogP contribution in [0.3, 0.4) is 0 Å². The van der Waals surface area contributed by atoms with E-state index in [0.717, 1.165) is 31.8 Å². The summed E-state index contributed by atoms with van der Waals surface area (Å²) < 4.78 is 53.0. The molecule has 21 heavy (non-hydrogen) atoms. The number of hydrogen-bond donors (Lipinski definition) is 2. The first kappa shape index (κ1) is 17.8. The fraction of sp³-hybridized carbons (Fsp3) is 0.538. The molecule has 0 radical (unpaired) electrons. The Balaban J connectivity index is 2.69. The van der Waals surface area contributed by atoms with Gasteiger partial charge in [-0.15, -0.1) is 0 Å². The standard InChI is InChI=1S/C13H21F2N3O2S/c1-3-18(4-2)9-5-8-17-21(19,20)11-7-6-10(14)13(16)12(11)15/h6-7,17H,3-5,8-9,16H2,1-2H3. The lowest BCUT2D eigenvalue weighted by molar-refractivity contribution is 0.300. The summed E-state index contributed by atoms with van der Waals surface area (Å²) >= 11 is 0. The van der Waals surface area contributed by atoms with Crippen molar-refractivity contribution in [2.75, 3.05) is 31.9 Å². The van der Waals surface area contributed by atoms with E-state index in [0.29, 0.717) is 6.42 Å². The normalized spacial score (nSPS) is 12.0. The zero-order valence-corrected chi connectivity index (χ0v) is 13.0. The first-order valence-corrected chi connectivity index (χ1v) is 8.27. The SMILES string of the molecule is CCN(CC)CCCNS(=O)(=O)c1ccc(F)c(N)c1F. The summed E-state index contributed by atoms with van der Waals surface area (Å²) in [6.07, 6.45) is 0.596. The third-order valence-corrected chi connectivity index (χ3v) is 4.70. The maximum absolute atomic E-state index is 13.7. The van der Waals surface area contributed by atoms with Crippen molar-refractivity contribution in [2.45, 2.75) is 25.2 Å². The largest absolute Gasteiger partial charge is 0.394 e. The lowest BCUT2D eigenvalue weighted by atomic mass is 10.3. The second-order valence-corrected chi connectivity index (χ2v) is 6.29. The second kappa shape index (κ2) is 7.67. The number of sulfonamides is 1. The smallest absolute Gasteiger partial charge is 0.243 e. The Morgan fingerprint density at radius 2 is 1.86 bits per heavy atom. The van der Waals surface area contributed by atoms with Crippen molar-refractivity contribution in [1.82, 2.24) is 9.62 Å². The summed E-state index contributed by atoms with van der Waals surface area (Å²) in [4.78, 5) is 1.51. The Morgan fingerprint density at radius 3 is 2.43 bits per heavy atom. The Labute approximate surface area is 124 Å². The van der Waals surface area contributed by atoms with Crippen LogP contribution in [-0.2, 0) is 10.0 Å². The third-order valence-electron chi connectivity index (χ3n) is 3.22. The molecule has 0 atom stereocenters. The Bertz CT molecular complexity index is 575. The highest BCUT2D eigenvalue weighted by Crippen LogP contribution is 2.22. The molecule has 0 saturated heterocycles. The number of halogens is 2. The van der Waals surface area contributed by atoms with Gasteiger partial charge < -0.3 is 10.6 Å². The lowest BCUT2D eigenvalue weighted by Gasteiger charge is -2.17. The van der Waals surface area contributed by atoms with Gasteiger partial charge in [-0.2, -0.15) is 0 Å². The topological polar surface area (TPSA) is 75.4 Å². The average molecular weight is 321 g/mol. The summed E-state index contributed by atoms with van der Waals surface area (Å²) in [5, 5.41) is 0. The number of nitrogen functional groups attached to an aromatic ring is 1. The molecular weight excluding hydrogens is 300 g/mol. The van der Waals surface area contributed by atoms with Gasteiger partial charge >= 0.3 is 0 Å². The predicted molar refractivity (Wildman–Crippen MR) is 78.4 cm³/mol. The Morgan fingerprint density at radius 1 is 1.24 bits per heavy atom. The van der Waals surface area contributed by atoms with Crippen LogP contribution in [0.25, 0.3) is 0 Å². The third kappa shape index (κ3) is 4.62. The molecular formula is C13H21F2N3O2S. The van der Waals surface area contributed by atoms with Crippen LogP contribution in [-0.4, -0.2) is 39.5 Å². The zero-order valence-electron chi connectivity index (χ0n) is 12.2. The molecule has 0 fully saturated rings. The van der Waals surface area contributed by atoms with Gasteiger partial charge in [-0.3, -0.25) is 0 Å². The van der Waals surface area contributed by atoms with E-state index >= 15 is 0 Å². The highest BCUT2D eigenvalue weighted by Gasteiger charge is 2.22. The molecule has 5 nitrogen and oxygen atoms in total. The lowest BCUT2D eigenvalue weighted by Crippen LogP contribution is -2.30. The molecule has 0 spiro atoms. The minimum absolute atomic E-state index is 0.176. The van der Waals surface area contributed by atoms with E-state index in [4.69, 9.17) is 5.73 Å². The van der Waals surface area contributed by atoms with Gasteiger partial charge in [0.15, 0.2) is 5.82 Å². The molecule has 8 heteroatoms. The average Bonchev–Trinajstić information content (AvgIpc) is 2.44. The van der Waals surface area contributed by atoms with Gasteiger partial charge in [-0.25, -0.2) is 21.9 Å². The van der Waals surface area contributed by atoms with Crippen molar-refractivity contribution < 1.29 is 17.2 Å². The molecule has 3 N–H and O–H groups in total. The fourth-order valence-electron chi connectivity index (χ4n) is 1.88. The molecule has 0 aliphatic heterocycles. The van der Waals surface area contributed by atoms with Gasteiger partial charge in [-0.1, -0.05) is 13.8 Å². The summed E-state index contributed by atoms with van der Waals surface area (Å²) in [5.41, 5.74) is 4.37. The fourth-order valence-corrected chi connectivity index (χ4v) is 3.05. The molecule has 1 aromatic carbocycles. The molecule has 0 heterocycles. The van der Waals surface area contributed by atoms with Gasteiger partial charge in [0.05, 0.1) is 0 Å². The number of nitrogens with one attached hydrogen (secondary N) is 1. The molecule has 0 aliphatic rings. The van der Waals surface area contributed by atoms with E-state index in [2.05, 4.69) is 9.62 Å². The van der Waals surface area contributed by atoms with Crippen molar-refractivity contribution in [3.63, 3.8) is 0 Å². The zero-order chi connectivity index (χ0) is 16.0. The van der Waals surface area contributed by atoms with Crippen molar-refractivity contribution in [1.29, 1.82) is 0 Å². The van der Waals surface area contributed by atoms with E-state index in [1.165, 1.54) is 0 Å². The molecule has 0 saturated carbocycles. The van der Waals surface area contributed by atoms with Gasteiger partial charge in [0.25, 0.3) is 0 Å². The number of hydrogen-bond acceptors (Lipinski definition) is 4. The number of nitrogens with two attached hydrogens (primary N) is 1. The minimum Gasteiger partial charge on any atom is -0.394 e. The Hall–Kier alpha value is -1.25. The van der Waals surface area contributed by atoms with Crippen LogP contribution >= 0.6 is 0 Å². The van der Waals surface area contributed by atoms with E-state index in [9.17, 15) is 17.2 Å². The van der Waals surface area contributed by atoms with E-state index in [1.807, 2.05) is 13.8 Å². The van der Waals surface area contributed by atoms with Crippen LogP contribution in [0.5, 0.6) is 0 Å². The maximum atomic E-state index is 13.7. The van der Waals surface area contributed by atoms with Crippen molar-refractivity contribution in [2.24, 2.45) is 0 Å². The predicted octanol–water partition coefficient (Wildman–Crippen LogP) is 1.56. The highest BCUT2D eigenvalue weighted by molar-refractivity contribution is 7.89. The van der Waals surface area contributed by atoms with Crippen molar-refractivity contribution in [3.8, 4) is 0 Å². The molecule has 1 rings (SSSR count). The molecule has 0 unspecified atom stereocenters. The maximum Gasteiger partial charge on any atom is 0.243 e. The van der Waals surface area contributed by atoms with Gasteiger partial charge in [0, 0.05) is 6.54 Å². The van der Waals surface area contributed by atoms with Crippen LogP contribution in [0.2, 0.25) is 0 Å². The minimum atomic E-state index is -4.03. The summed E-state index contributed by atoms with van der Waals surface area (Å²) in [6.45, 7) is 6.71. The molecule has 0 aromatic heterocycles. The molecule has 0 bridgehead atoms. The molecule has 120 valence electrons. The first-order chi connectivity index (χ1) is 9.83. The van der Waals surface area contributed by atoms with Gasteiger partial charge in [-0.05, 0) is 38.2 Å². The summed E-state index contributed by atoms with van der Waals surface area (Å²) in [5.74, 6) is -2.24. The van der Waals surface area contributed by atoms with Crippen LogP contribution in [0, 0.1) is 11.6 Å². The number of rotatable bonds is 8. The number of anilines is 1. The highest BCUT2D eigenvalue weighted by atomic mass is 32.2. The monoisotopic (exact) mass is 321 g/mol. The quantitative estimate of drug-likeness (QED) is 0.563. The van der Waals surface area contributed by atoms with Crippen molar-refractivity contribution >= 4 is 15.7 Å². The van der Waals surface area contributed by atoms with E-state index in [-0.39, 0.29) is 6.54 Å². The van der Waals surface area contributed by atoms with E-state index in [1.54, 1.807) is 0 Å².